The van der Waals surface area contributed by atoms with Crippen LogP contribution in [0.4, 0.5) is 5.69 Å². The summed E-state index contributed by atoms with van der Waals surface area (Å²) in [4.78, 5) is 29.5. The third kappa shape index (κ3) is 3.09. The largest absolute Gasteiger partial charge is 0.459 e. The highest BCUT2D eigenvalue weighted by Gasteiger charge is 2.55. The molecule has 8 heteroatoms. The molecule has 1 atom stereocenters. The number of hydrogen-bond donors (Lipinski definition) is 1. The molecule has 2 N–H and O–H groups in total. The van der Waals surface area contributed by atoms with Gasteiger partial charge in [0.1, 0.15) is 0 Å². The number of benzene rings is 1. The van der Waals surface area contributed by atoms with Crippen LogP contribution in [-0.2, 0) is 10.3 Å². The highest BCUT2D eigenvalue weighted by atomic mass is 32.1. The maximum Gasteiger partial charge on any atom is 0.295 e. The molecule has 2 aliphatic rings. The number of furan rings is 1. The smallest absolute Gasteiger partial charge is 0.295 e. The third-order valence-electron chi connectivity index (χ3n) is 6.12. The van der Waals surface area contributed by atoms with Gasteiger partial charge in [0.2, 0.25) is 12.7 Å². The Morgan fingerprint density at radius 3 is 2.55 bits per heavy atom. The molecule has 0 radical (unpaired) electrons. The van der Waals surface area contributed by atoms with E-state index in [0.29, 0.717) is 17.2 Å². The van der Waals surface area contributed by atoms with Gasteiger partial charge >= 0.3 is 0 Å². The molecule has 0 saturated heterocycles. The third-order valence-corrected chi connectivity index (χ3v) is 7.12. The number of fused-ring (bicyclic) bond motifs is 1. The Hall–Kier alpha value is -3.26. The Morgan fingerprint density at radius 1 is 1.06 bits per heavy atom. The monoisotopic (exact) mass is 438 g/mol. The second-order valence-electron chi connectivity index (χ2n) is 7.74. The average Bonchev–Trinajstić information content (AvgIpc) is 3.58. The number of carbonyl (C=O) groups excluding carboxylic acids is 2. The van der Waals surface area contributed by atoms with E-state index < -0.39 is 17.4 Å². The number of primary amides is 1. The first-order valence-electron chi connectivity index (χ1n) is 10.2. The maximum absolute atomic E-state index is 13.9. The van der Waals surface area contributed by atoms with Crippen LogP contribution in [0.25, 0.3) is 0 Å². The van der Waals surface area contributed by atoms with E-state index in [4.69, 9.17) is 19.6 Å². The van der Waals surface area contributed by atoms with Gasteiger partial charge in [-0.05, 0) is 54.5 Å². The molecular formula is C23H22N2O5S. The predicted octanol–water partition coefficient (Wildman–Crippen LogP) is 4.29. The van der Waals surface area contributed by atoms with Crippen LogP contribution in [0, 0.1) is 5.92 Å². The highest BCUT2D eigenvalue weighted by Crippen LogP contribution is 2.49. The molecule has 31 heavy (non-hydrogen) atoms. The van der Waals surface area contributed by atoms with Crippen molar-refractivity contribution >= 4 is 28.8 Å². The van der Waals surface area contributed by atoms with E-state index in [-0.39, 0.29) is 18.5 Å². The summed E-state index contributed by atoms with van der Waals surface area (Å²) in [6.45, 7) is 0.111. The zero-order valence-electron chi connectivity index (χ0n) is 16.8. The molecular weight excluding hydrogens is 416 g/mol. The minimum absolute atomic E-state index is 0.111. The summed E-state index contributed by atoms with van der Waals surface area (Å²) >= 11 is 1.43. The van der Waals surface area contributed by atoms with Crippen molar-refractivity contribution in [2.45, 2.75) is 31.2 Å². The Balaban J connectivity index is 1.76. The van der Waals surface area contributed by atoms with Crippen LogP contribution in [0.15, 0.2) is 58.5 Å². The van der Waals surface area contributed by atoms with Crippen molar-refractivity contribution in [3.05, 3.63) is 64.7 Å². The van der Waals surface area contributed by atoms with Crippen LogP contribution in [-0.4, -0.2) is 18.6 Å². The van der Waals surface area contributed by atoms with Gasteiger partial charge in [-0.25, -0.2) is 0 Å². The molecule has 1 unspecified atom stereocenters. The van der Waals surface area contributed by atoms with Gasteiger partial charge in [0, 0.05) is 16.6 Å². The van der Waals surface area contributed by atoms with Gasteiger partial charge in [0.25, 0.3) is 5.91 Å². The maximum atomic E-state index is 13.9. The normalized spacial score (nSPS) is 17.4. The predicted molar refractivity (Wildman–Crippen MR) is 115 cm³/mol. The van der Waals surface area contributed by atoms with E-state index in [1.807, 2.05) is 17.5 Å². The first-order valence-corrected chi connectivity index (χ1v) is 11.1. The van der Waals surface area contributed by atoms with Crippen LogP contribution < -0.4 is 20.1 Å². The van der Waals surface area contributed by atoms with Gasteiger partial charge in [0.05, 0.1) is 6.26 Å². The van der Waals surface area contributed by atoms with Gasteiger partial charge in [-0.15, -0.1) is 11.3 Å². The van der Waals surface area contributed by atoms with Crippen LogP contribution in [0.5, 0.6) is 11.5 Å². The zero-order chi connectivity index (χ0) is 21.4. The Kier molecular flexibility index (Phi) is 4.94. The summed E-state index contributed by atoms with van der Waals surface area (Å²) in [6, 6.07) is 12.2. The van der Waals surface area contributed by atoms with Gasteiger partial charge in [-0.2, -0.15) is 0 Å². The first kappa shape index (κ1) is 19.7. The van der Waals surface area contributed by atoms with E-state index in [0.717, 1.165) is 30.6 Å². The molecule has 0 bridgehead atoms. The molecule has 1 aliphatic heterocycles. The number of carbonyl (C=O) groups is 2. The fourth-order valence-corrected chi connectivity index (χ4v) is 5.78. The first-order chi connectivity index (χ1) is 15.1. The lowest BCUT2D eigenvalue weighted by molar-refractivity contribution is -0.125. The lowest BCUT2D eigenvalue weighted by Gasteiger charge is -2.44. The molecule has 5 rings (SSSR count). The van der Waals surface area contributed by atoms with Gasteiger partial charge in [-0.3, -0.25) is 14.5 Å². The topological polar surface area (TPSA) is 95.0 Å². The van der Waals surface area contributed by atoms with Crippen molar-refractivity contribution < 1.29 is 23.5 Å². The van der Waals surface area contributed by atoms with Gasteiger partial charge < -0.3 is 19.6 Å². The Morgan fingerprint density at radius 2 is 1.87 bits per heavy atom. The molecule has 1 aliphatic carbocycles. The van der Waals surface area contributed by atoms with Gasteiger partial charge in [0.15, 0.2) is 22.8 Å². The van der Waals surface area contributed by atoms with Crippen LogP contribution in [0.1, 0.15) is 41.1 Å². The molecule has 160 valence electrons. The molecule has 1 fully saturated rings. The summed E-state index contributed by atoms with van der Waals surface area (Å²) in [5.74, 6) is 0.148. The fourth-order valence-electron chi connectivity index (χ4n) is 4.78. The fraction of sp³-hybridized carbons (Fsp3) is 0.304. The average molecular weight is 439 g/mol. The summed E-state index contributed by atoms with van der Waals surface area (Å²) in [7, 11) is 0. The number of nitrogens with two attached hydrogens (primary N) is 1. The summed E-state index contributed by atoms with van der Waals surface area (Å²) in [5.41, 5.74) is 5.33. The number of ether oxygens (including phenoxy) is 2. The number of hydrogen-bond acceptors (Lipinski definition) is 6. The van der Waals surface area contributed by atoms with Crippen molar-refractivity contribution in [1.82, 2.24) is 0 Å². The number of anilines is 1. The summed E-state index contributed by atoms with van der Waals surface area (Å²) in [5, 5.41) is 1.90. The van der Waals surface area contributed by atoms with E-state index in [1.165, 1.54) is 22.5 Å². The van der Waals surface area contributed by atoms with Gasteiger partial charge in [-0.1, -0.05) is 18.9 Å². The van der Waals surface area contributed by atoms with Crippen LogP contribution >= 0.6 is 11.3 Å². The van der Waals surface area contributed by atoms with E-state index >= 15 is 0 Å². The quantitative estimate of drug-likeness (QED) is 0.620. The molecule has 1 aromatic carbocycles. The molecule has 3 heterocycles. The lowest BCUT2D eigenvalue weighted by atomic mass is 9.78. The highest BCUT2D eigenvalue weighted by molar-refractivity contribution is 7.10. The Bertz CT molecular complexity index is 1090. The molecule has 2 aromatic heterocycles. The molecule has 2 amide bonds. The van der Waals surface area contributed by atoms with Crippen molar-refractivity contribution in [2.24, 2.45) is 11.7 Å². The number of amides is 2. The number of thiophene rings is 1. The molecule has 1 saturated carbocycles. The van der Waals surface area contributed by atoms with Crippen molar-refractivity contribution in [3.8, 4) is 11.5 Å². The SMILES string of the molecule is NC(=O)C(c1cccs1)(C1CCCC1)N(C(=O)c1ccco1)c1ccc2c(c1)OCO2. The standard InChI is InChI=1S/C23H22N2O5S/c24-22(27)23(15-5-1-2-6-15,20-8-4-12-31-20)25(21(26)18-7-3-11-28-18)16-9-10-17-19(13-16)30-14-29-17/h3-4,7-13,15H,1-2,5-6,14H2,(H2,24,27). The van der Waals surface area contributed by atoms with E-state index in [2.05, 4.69) is 0 Å². The van der Waals surface area contributed by atoms with Crippen LogP contribution in [0.3, 0.4) is 0 Å². The zero-order valence-corrected chi connectivity index (χ0v) is 17.6. The van der Waals surface area contributed by atoms with Crippen molar-refractivity contribution in [2.75, 3.05) is 11.7 Å². The minimum Gasteiger partial charge on any atom is -0.459 e. The van der Waals surface area contributed by atoms with Crippen molar-refractivity contribution in [3.63, 3.8) is 0 Å². The van der Waals surface area contributed by atoms with E-state index in [1.54, 1.807) is 30.3 Å². The summed E-state index contributed by atoms with van der Waals surface area (Å²) < 4.78 is 16.4. The van der Waals surface area contributed by atoms with E-state index in [9.17, 15) is 9.59 Å². The summed E-state index contributed by atoms with van der Waals surface area (Å²) in [6.07, 6.45) is 5.00. The minimum atomic E-state index is -1.35. The Labute approximate surface area is 183 Å². The lowest BCUT2D eigenvalue weighted by Crippen LogP contribution is -2.61. The van der Waals surface area contributed by atoms with Crippen molar-refractivity contribution in [1.29, 1.82) is 0 Å². The second kappa shape index (κ2) is 7.77. The second-order valence-corrected chi connectivity index (χ2v) is 8.69. The number of rotatable bonds is 6. The molecule has 3 aromatic rings. The molecule has 7 nitrogen and oxygen atoms in total. The van der Waals surface area contributed by atoms with Crippen LogP contribution in [0.2, 0.25) is 0 Å². The number of nitrogens with zero attached hydrogens (tertiary/aromatic N) is 1. The molecule has 0 spiro atoms.